The Balaban J connectivity index is 1.71. The van der Waals surface area contributed by atoms with E-state index in [0.717, 1.165) is 16.7 Å². The molecule has 8 nitrogen and oxygen atoms in total. The first-order chi connectivity index (χ1) is 16.0. The fourth-order valence-electron chi connectivity index (χ4n) is 3.74. The molecule has 33 heavy (non-hydrogen) atoms. The van der Waals surface area contributed by atoms with Gasteiger partial charge in [0.25, 0.3) is 11.2 Å². The number of aromatic amines is 1. The summed E-state index contributed by atoms with van der Waals surface area (Å²) in [6.07, 6.45) is 3.95. The molecule has 0 aliphatic heterocycles. The molecule has 0 fully saturated rings. The van der Waals surface area contributed by atoms with Crippen LogP contribution in [0.25, 0.3) is 28.0 Å². The number of nitro groups is 1. The van der Waals surface area contributed by atoms with E-state index in [1.807, 2.05) is 24.3 Å². The van der Waals surface area contributed by atoms with Crippen LogP contribution < -0.4 is 5.56 Å². The first-order valence-electron chi connectivity index (χ1n) is 10.0. The predicted octanol–water partition coefficient (Wildman–Crippen LogP) is 4.90. The predicted molar refractivity (Wildman–Crippen MR) is 125 cm³/mol. The number of hydrogen-bond acceptors (Lipinski definition) is 5. The molecule has 0 amide bonds. The third-order valence-corrected chi connectivity index (χ3v) is 5.56. The third-order valence-electron chi connectivity index (χ3n) is 5.30. The van der Waals surface area contributed by atoms with Gasteiger partial charge in [0.2, 0.25) is 0 Å². The van der Waals surface area contributed by atoms with Gasteiger partial charge in [-0.05, 0) is 47.0 Å². The first-order valence-corrected chi connectivity index (χ1v) is 10.4. The first kappa shape index (κ1) is 20.6. The van der Waals surface area contributed by atoms with Gasteiger partial charge in [-0.15, -0.1) is 0 Å². The lowest BCUT2D eigenvalue weighted by Crippen LogP contribution is -2.14. The zero-order valence-corrected chi connectivity index (χ0v) is 17.9. The van der Waals surface area contributed by atoms with Gasteiger partial charge in [-0.2, -0.15) is 9.61 Å². The molecule has 0 bridgehead atoms. The standard InChI is InChI=1S/C24H16ClN5O3/c25-18-7-3-17(4-8-18)23-21(12-15-2-1-11-26-14-15)28-29-22(31)13-20(27-24(23)29)16-5-9-19(10-6-16)30(32)33/h1-11,13-14,27H,12H2. The lowest BCUT2D eigenvalue weighted by molar-refractivity contribution is -0.384. The van der Waals surface area contributed by atoms with Gasteiger partial charge in [-0.25, -0.2) is 0 Å². The minimum atomic E-state index is -0.462. The summed E-state index contributed by atoms with van der Waals surface area (Å²) >= 11 is 6.09. The van der Waals surface area contributed by atoms with Crippen LogP contribution in [0.5, 0.6) is 0 Å². The molecule has 0 unspecified atom stereocenters. The Morgan fingerprint density at radius 1 is 1.03 bits per heavy atom. The molecule has 3 heterocycles. The minimum absolute atomic E-state index is 0.0212. The summed E-state index contributed by atoms with van der Waals surface area (Å²) in [6.45, 7) is 0. The van der Waals surface area contributed by atoms with Gasteiger partial charge >= 0.3 is 0 Å². The average Bonchev–Trinajstić information content (AvgIpc) is 3.19. The molecule has 2 aromatic carbocycles. The lowest BCUT2D eigenvalue weighted by atomic mass is 10.0. The van der Waals surface area contributed by atoms with E-state index in [9.17, 15) is 14.9 Å². The fraction of sp³-hybridized carbons (Fsp3) is 0.0417. The van der Waals surface area contributed by atoms with Crippen molar-refractivity contribution in [3.63, 3.8) is 0 Å². The summed E-state index contributed by atoms with van der Waals surface area (Å²) in [5, 5.41) is 16.2. The molecule has 1 N–H and O–H groups in total. The average molecular weight is 458 g/mol. The normalized spacial score (nSPS) is 11.1. The molecule has 0 spiro atoms. The number of pyridine rings is 1. The molecule has 0 radical (unpaired) electrons. The van der Waals surface area contributed by atoms with Crippen LogP contribution in [0.4, 0.5) is 5.69 Å². The number of nitro benzene ring substituents is 1. The Hall–Kier alpha value is -4.30. The van der Waals surface area contributed by atoms with Gasteiger partial charge in [-0.3, -0.25) is 19.9 Å². The van der Waals surface area contributed by atoms with E-state index in [4.69, 9.17) is 11.6 Å². The summed E-state index contributed by atoms with van der Waals surface area (Å²) in [4.78, 5) is 31.0. The molecule has 162 valence electrons. The van der Waals surface area contributed by atoms with Crippen LogP contribution in [0.15, 0.2) is 83.9 Å². The molecule has 3 aromatic heterocycles. The maximum absolute atomic E-state index is 13.0. The maximum atomic E-state index is 13.0. The number of non-ortho nitro benzene ring substituents is 1. The molecule has 0 aliphatic rings. The van der Waals surface area contributed by atoms with E-state index in [1.54, 1.807) is 36.7 Å². The van der Waals surface area contributed by atoms with Crippen molar-refractivity contribution in [3.8, 4) is 22.4 Å². The zero-order valence-electron chi connectivity index (χ0n) is 17.1. The number of nitrogens with one attached hydrogen (secondary N) is 1. The van der Waals surface area contributed by atoms with Crippen molar-refractivity contribution in [2.75, 3.05) is 0 Å². The van der Waals surface area contributed by atoms with Crippen LogP contribution in [0, 0.1) is 10.1 Å². The lowest BCUT2D eigenvalue weighted by Gasteiger charge is -2.06. The highest BCUT2D eigenvalue weighted by molar-refractivity contribution is 6.30. The van der Waals surface area contributed by atoms with Crippen molar-refractivity contribution in [2.45, 2.75) is 6.42 Å². The number of halogens is 1. The Morgan fingerprint density at radius 3 is 2.42 bits per heavy atom. The number of rotatable bonds is 5. The Morgan fingerprint density at radius 2 is 1.76 bits per heavy atom. The molecule has 0 atom stereocenters. The van der Waals surface area contributed by atoms with E-state index >= 15 is 0 Å². The second-order valence-corrected chi connectivity index (χ2v) is 7.89. The Kier molecular flexibility index (Phi) is 5.20. The molecule has 5 rings (SSSR count). The van der Waals surface area contributed by atoms with E-state index < -0.39 is 4.92 Å². The van der Waals surface area contributed by atoms with Gasteiger partial charge in [0.15, 0.2) is 0 Å². The quantitative estimate of drug-likeness (QED) is 0.298. The summed E-state index contributed by atoms with van der Waals surface area (Å²) in [5.41, 5.74) is 4.66. The van der Waals surface area contributed by atoms with Gasteiger partial charge in [0.05, 0.1) is 16.3 Å². The van der Waals surface area contributed by atoms with Crippen molar-refractivity contribution >= 4 is 22.9 Å². The summed E-state index contributed by atoms with van der Waals surface area (Å²) in [7, 11) is 0. The van der Waals surface area contributed by atoms with Gasteiger partial charge in [0.1, 0.15) is 5.65 Å². The van der Waals surface area contributed by atoms with E-state index in [0.29, 0.717) is 34.0 Å². The number of benzene rings is 2. The molecular formula is C24H16ClN5O3. The van der Waals surface area contributed by atoms with Crippen LogP contribution in [0.2, 0.25) is 5.02 Å². The molecule has 9 heteroatoms. The van der Waals surface area contributed by atoms with E-state index in [-0.39, 0.29) is 11.2 Å². The smallest absolute Gasteiger partial charge is 0.274 e. The number of fused-ring (bicyclic) bond motifs is 1. The SMILES string of the molecule is O=c1cc(-c2ccc([N+](=O)[O-])cc2)[nH]c2c(-c3ccc(Cl)cc3)c(Cc3cccnc3)nn12. The van der Waals surface area contributed by atoms with Crippen LogP contribution in [-0.2, 0) is 6.42 Å². The molecule has 0 saturated heterocycles. The van der Waals surface area contributed by atoms with Crippen LogP contribution in [0.3, 0.4) is 0 Å². The van der Waals surface area contributed by atoms with Crippen LogP contribution in [0.1, 0.15) is 11.3 Å². The third kappa shape index (κ3) is 3.99. The Bertz CT molecular complexity index is 1530. The van der Waals surface area contributed by atoms with Gasteiger partial charge in [-0.1, -0.05) is 29.8 Å². The van der Waals surface area contributed by atoms with Crippen molar-refractivity contribution in [2.24, 2.45) is 0 Å². The van der Waals surface area contributed by atoms with Crippen LogP contribution in [-0.4, -0.2) is 24.5 Å². The monoisotopic (exact) mass is 457 g/mol. The number of aromatic nitrogens is 4. The van der Waals surface area contributed by atoms with E-state index in [1.165, 1.54) is 22.7 Å². The van der Waals surface area contributed by atoms with Crippen molar-refractivity contribution < 1.29 is 4.92 Å². The van der Waals surface area contributed by atoms with Crippen molar-refractivity contribution in [1.82, 2.24) is 19.6 Å². The van der Waals surface area contributed by atoms with Crippen molar-refractivity contribution in [3.05, 3.63) is 116 Å². The second-order valence-electron chi connectivity index (χ2n) is 7.45. The number of H-pyrrole nitrogens is 1. The highest BCUT2D eigenvalue weighted by atomic mass is 35.5. The summed E-state index contributed by atoms with van der Waals surface area (Å²) in [5.74, 6) is 0. The number of hydrogen-bond donors (Lipinski definition) is 1. The molecule has 0 aliphatic carbocycles. The maximum Gasteiger partial charge on any atom is 0.274 e. The van der Waals surface area contributed by atoms with Gasteiger partial charge in [0, 0.05) is 47.6 Å². The zero-order chi connectivity index (χ0) is 22.9. The molecular weight excluding hydrogens is 442 g/mol. The van der Waals surface area contributed by atoms with Gasteiger partial charge < -0.3 is 4.98 Å². The number of nitrogens with zero attached hydrogens (tertiary/aromatic N) is 4. The molecule has 5 aromatic rings. The van der Waals surface area contributed by atoms with E-state index in [2.05, 4.69) is 15.1 Å². The summed E-state index contributed by atoms with van der Waals surface area (Å²) < 4.78 is 1.34. The van der Waals surface area contributed by atoms with Crippen molar-refractivity contribution in [1.29, 1.82) is 0 Å². The molecule has 0 saturated carbocycles. The fourth-order valence-corrected chi connectivity index (χ4v) is 3.87. The highest BCUT2D eigenvalue weighted by Crippen LogP contribution is 2.31. The van der Waals surface area contributed by atoms with Crippen LogP contribution >= 0.6 is 11.6 Å². The topological polar surface area (TPSA) is 106 Å². The summed E-state index contributed by atoms with van der Waals surface area (Å²) in [6, 6.07) is 18.6. The highest BCUT2D eigenvalue weighted by Gasteiger charge is 2.19. The minimum Gasteiger partial charge on any atom is -0.339 e. The Labute approximate surface area is 192 Å². The largest absolute Gasteiger partial charge is 0.339 e. The second kappa shape index (κ2) is 8.33.